The van der Waals surface area contributed by atoms with Gasteiger partial charge in [0, 0.05) is 32.5 Å². The SMILES string of the molecule is COC(=O)CCCC(=O)N1CCCC(CNS(=O)(=O)c2ccc(OC)cc2)C1. The Balaban J connectivity index is 1.83. The third kappa shape index (κ3) is 6.49. The number of nitrogens with one attached hydrogen (secondary N) is 1. The summed E-state index contributed by atoms with van der Waals surface area (Å²) in [5, 5.41) is 0. The molecule has 0 spiro atoms. The van der Waals surface area contributed by atoms with E-state index in [0.717, 1.165) is 12.8 Å². The van der Waals surface area contributed by atoms with E-state index in [4.69, 9.17) is 4.74 Å². The number of carbonyl (C=O) groups excluding carboxylic acids is 2. The van der Waals surface area contributed by atoms with Crippen molar-refractivity contribution in [3.05, 3.63) is 24.3 Å². The van der Waals surface area contributed by atoms with E-state index in [1.165, 1.54) is 26.4 Å². The summed E-state index contributed by atoms with van der Waals surface area (Å²) in [6.45, 7) is 1.46. The second-order valence-corrected chi connectivity index (χ2v) is 8.57. The summed E-state index contributed by atoms with van der Waals surface area (Å²) in [6, 6.07) is 6.20. The van der Waals surface area contributed by atoms with Gasteiger partial charge in [-0.1, -0.05) is 0 Å². The molecule has 1 aliphatic heterocycles. The third-order valence-electron chi connectivity index (χ3n) is 4.80. The summed E-state index contributed by atoms with van der Waals surface area (Å²) in [5.74, 6) is 0.322. The number of amides is 1. The normalized spacial score (nSPS) is 17.2. The zero-order valence-corrected chi connectivity index (χ0v) is 17.2. The number of benzene rings is 1. The first kappa shape index (κ1) is 22.2. The predicted molar refractivity (Wildman–Crippen MR) is 103 cm³/mol. The van der Waals surface area contributed by atoms with Crippen LogP contribution in [0.3, 0.4) is 0 Å². The van der Waals surface area contributed by atoms with Crippen LogP contribution in [0.25, 0.3) is 0 Å². The van der Waals surface area contributed by atoms with Crippen molar-refractivity contribution in [1.29, 1.82) is 0 Å². The fourth-order valence-corrected chi connectivity index (χ4v) is 4.28. The molecule has 1 saturated heterocycles. The Morgan fingerprint density at radius 3 is 2.54 bits per heavy atom. The molecule has 1 amide bonds. The van der Waals surface area contributed by atoms with E-state index in [0.29, 0.717) is 31.7 Å². The fourth-order valence-electron chi connectivity index (χ4n) is 3.17. The van der Waals surface area contributed by atoms with Crippen LogP contribution in [0.5, 0.6) is 5.75 Å². The molecular formula is C19H28N2O6S. The smallest absolute Gasteiger partial charge is 0.305 e. The second-order valence-electron chi connectivity index (χ2n) is 6.81. The van der Waals surface area contributed by atoms with Gasteiger partial charge in [-0.3, -0.25) is 9.59 Å². The van der Waals surface area contributed by atoms with Gasteiger partial charge in [0.1, 0.15) is 5.75 Å². The minimum atomic E-state index is -3.61. The van der Waals surface area contributed by atoms with Crippen LogP contribution in [0, 0.1) is 5.92 Å². The minimum Gasteiger partial charge on any atom is -0.497 e. The van der Waals surface area contributed by atoms with E-state index >= 15 is 0 Å². The lowest BCUT2D eigenvalue weighted by atomic mass is 9.98. The van der Waals surface area contributed by atoms with E-state index < -0.39 is 10.0 Å². The van der Waals surface area contributed by atoms with Gasteiger partial charge in [0.2, 0.25) is 15.9 Å². The summed E-state index contributed by atoms with van der Waals surface area (Å²) in [6.07, 6.45) is 2.66. The highest BCUT2D eigenvalue weighted by molar-refractivity contribution is 7.89. The number of nitrogens with zero attached hydrogens (tertiary/aromatic N) is 1. The number of hydrogen-bond acceptors (Lipinski definition) is 6. The first-order valence-corrected chi connectivity index (χ1v) is 10.8. The number of hydrogen-bond donors (Lipinski definition) is 1. The van der Waals surface area contributed by atoms with Crippen LogP contribution < -0.4 is 9.46 Å². The monoisotopic (exact) mass is 412 g/mol. The Bertz CT molecular complexity index is 763. The highest BCUT2D eigenvalue weighted by atomic mass is 32.2. The van der Waals surface area contributed by atoms with E-state index in [-0.39, 0.29) is 35.7 Å². The fraction of sp³-hybridized carbons (Fsp3) is 0.579. The molecule has 1 unspecified atom stereocenters. The molecule has 2 rings (SSSR count). The van der Waals surface area contributed by atoms with Gasteiger partial charge in [-0.25, -0.2) is 13.1 Å². The van der Waals surface area contributed by atoms with Crippen molar-refractivity contribution in [2.45, 2.75) is 37.0 Å². The average Bonchev–Trinajstić information content (AvgIpc) is 2.72. The van der Waals surface area contributed by atoms with Crippen LogP contribution in [-0.4, -0.2) is 59.0 Å². The number of carbonyl (C=O) groups is 2. The van der Waals surface area contributed by atoms with Gasteiger partial charge < -0.3 is 14.4 Å². The van der Waals surface area contributed by atoms with Gasteiger partial charge in [-0.05, 0) is 49.4 Å². The molecule has 1 aliphatic rings. The molecule has 1 N–H and O–H groups in total. The Morgan fingerprint density at radius 2 is 1.89 bits per heavy atom. The summed E-state index contributed by atoms with van der Waals surface area (Å²) < 4.78 is 37.1. The van der Waals surface area contributed by atoms with Crippen molar-refractivity contribution in [1.82, 2.24) is 9.62 Å². The molecule has 1 atom stereocenters. The summed E-state index contributed by atoms with van der Waals surface area (Å²) >= 11 is 0. The largest absolute Gasteiger partial charge is 0.497 e. The minimum absolute atomic E-state index is 0.00776. The molecule has 1 aromatic carbocycles. The van der Waals surface area contributed by atoms with Crippen LogP contribution >= 0.6 is 0 Å². The Labute approximate surface area is 166 Å². The summed E-state index contributed by atoms with van der Waals surface area (Å²) in [7, 11) is -0.762. The number of rotatable bonds is 9. The number of methoxy groups -OCH3 is 2. The lowest BCUT2D eigenvalue weighted by Gasteiger charge is -2.33. The number of likely N-dealkylation sites (tertiary alicyclic amines) is 1. The second kappa shape index (κ2) is 10.4. The van der Waals surface area contributed by atoms with Crippen LogP contribution in [0.2, 0.25) is 0 Å². The molecule has 8 nitrogen and oxygen atoms in total. The van der Waals surface area contributed by atoms with Crippen molar-refractivity contribution in [3.63, 3.8) is 0 Å². The maximum atomic E-state index is 12.4. The van der Waals surface area contributed by atoms with Crippen LogP contribution in [0.15, 0.2) is 29.2 Å². The standard InChI is InChI=1S/C19H28N2O6S/c1-26-16-8-10-17(11-9-16)28(24,25)20-13-15-5-4-12-21(14-15)18(22)6-3-7-19(23)27-2/h8-11,15,20H,3-7,12-14H2,1-2H3. The van der Waals surface area contributed by atoms with Crippen LogP contribution in [0.4, 0.5) is 0 Å². The molecule has 9 heteroatoms. The molecule has 0 aromatic heterocycles. The van der Waals surface area contributed by atoms with Gasteiger partial charge in [-0.15, -0.1) is 0 Å². The highest BCUT2D eigenvalue weighted by Crippen LogP contribution is 2.19. The van der Waals surface area contributed by atoms with Crippen molar-refractivity contribution in [2.24, 2.45) is 5.92 Å². The first-order valence-electron chi connectivity index (χ1n) is 9.34. The summed E-state index contributed by atoms with van der Waals surface area (Å²) in [5.41, 5.74) is 0. The summed E-state index contributed by atoms with van der Waals surface area (Å²) in [4.78, 5) is 25.4. The van der Waals surface area contributed by atoms with Crippen molar-refractivity contribution >= 4 is 21.9 Å². The maximum absolute atomic E-state index is 12.4. The van der Waals surface area contributed by atoms with Gasteiger partial charge in [0.15, 0.2) is 0 Å². The van der Waals surface area contributed by atoms with Gasteiger partial charge in [0.25, 0.3) is 0 Å². The molecule has 0 bridgehead atoms. The van der Waals surface area contributed by atoms with Crippen molar-refractivity contribution in [3.8, 4) is 5.75 Å². The molecule has 0 radical (unpaired) electrons. The zero-order valence-electron chi connectivity index (χ0n) is 16.3. The van der Waals surface area contributed by atoms with E-state index in [2.05, 4.69) is 9.46 Å². The number of sulfonamides is 1. The Hall–Kier alpha value is -2.13. The van der Waals surface area contributed by atoms with Gasteiger partial charge in [0.05, 0.1) is 19.1 Å². The molecule has 0 saturated carbocycles. The molecule has 0 aliphatic carbocycles. The topological polar surface area (TPSA) is 102 Å². The molecular weight excluding hydrogens is 384 g/mol. The highest BCUT2D eigenvalue weighted by Gasteiger charge is 2.25. The molecule has 1 heterocycles. The van der Waals surface area contributed by atoms with Gasteiger partial charge in [-0.2, -0.15) is 0 Å². The Kier molecular flexibility index (Phi) is 8.25. The van der Waals surface area contributed by atoms with E-state index in [1.807, 2.05) is 0 Å². The third-order valence-corrected chi connectivity index (χ3v) is 6.24. The predicted octanol–water partition coefficient (Wildman–Crippen LogP) is 1.56. The van der Waals surface area contributed by atoms with Crippen LogP contribution in [-0.2, 0) is 24.3 Å². The lowest BCUT2D eigenvalue weighted by Crippen LogP contribution is -2.43. The van der Waals surface area contributed by atoms with E-state index in [1.54, 1.807) is 17.0 Å². The van der Waals surface area contributed by atoms with Gasteiger partial charge >= 0.3 is 5.97 Å². The molecule has 1 fully saturated rings. The van der Waals surface area contributed by atoms with Crippen molar-refractivity contribution in [2.75, 3.05) is 33.9 Å². The average molecular weight is 413 g/mol. The van der Waals surface area contributed by atoms with Crippen LogP contribution in [0.1, 0.15) is 32.1 Å². The molecule has 1 aromatic rings. The van der Waals surface area contributed by atoms with E-state index in [9.17, 15) is 18.0 Å². The quantitative estimate of drug-likeness (QED) is 0.618. The Morgan fingerprint density at radius 1 is 1.18 bits per heavy atom. The number of esters is 1. The maximum Gasteiger partial charge on any atom is 0.305 e. The first-order chi connectivity index (χ1) is 13.4. The lowest BCUT2D eigenvalue weighted by molar-refractivity contribution is -0.141. The molecule has 28 heavy (non-hydrogen) atoms. The van der Waals surface area contributed by atoms with Crippen molar-refractivity contribution < 1.29 is 27.5 Å². The number of ether oxygens (including phenoxy) is 2. The zero-order chi connectivity index (χ0) is 20.6. The molecule has 156 valence electrons. The number of piperidine rings is 1.